The maximum atomic E-state index is 13.9. The van der Waals surface area contributed by atoms with Gasteiger partial charge in [0.05, 0.1) is 11.2 Å². The number of aromatic nitrogens is 1. The molecule has 1 saturated heterocycles. The zero-order chi connectivity index (χ0) is 18.1. The molecular weight excluding hydrogens is 353 g/mol. The van der Waals surface area contributed by atoms with Crippen LogP contribution in [0.15, 0.2) is 54.6 Å². The lowest BCUT2D eigenvalue weighted by molar-refractivity contribution is 0.0747. The van der Waals surface area contributed by atoms with Crippen molar-refractivity contribution in [2.75, 3.05) is 31.1 Å². The Bertz CT molecular complexity index is 970. The first kappa shape index (κ1) is 16.8. The molecule has 1 aliphatic rings. The van der Waals surface area contributed by atoms with Crippen LogP contribution in [0, 0.1) is 5.82 Å². The third-order valence-corrected chi connectivity index (χ3v) is 4.87. The monoisotopic (exact) mass is 369 g/mol. The average molecular weight is 370 g/mol. The Morgan fingerprint density at radius 3 is 2.54 bits per heavy atom. The molecule has 6 heteroatoms. The van der Waals surface area contributed by atoms with Gasteiger partial charge in [-0.2, -0.15) is 0 Å². The fraction of sp³-hybridized carbons (Fsp3) is 0.200. The Kier molecular flexibility index (Phi) is 4.47. The molecule has 1 amide bonds. The molecule has 0 N–H and O–H groups in total. The van der Waals surface area contributed by atoms with Crippen LogP contribution in [0.1, 0.15) is 10.4 Å². The van der Waals surface area contributed by atoms with Gasteiger partial charge < -0.3 is 9.80 Å². The summed E-state index contributed by atoms with van der Waals surface area (Å²) in [6.45, 7) is 2.34. The van der Waals surface area contributed by atoms with Crippen molar-refractivity contribution in [2.24, 2.45) is 0 Å². The highest BCUT2D eigenvalue weighted by Gasteiger charge is 2.23. The molecule has 3 aromatic rings. The SMILES string of the molecule is O=C(c1ccc2nc(Cl)ccc2c1)N1CCN(c2ccccc2F)CC1. The topological polar surface area (TPSA) is 36.4 Å². The van der Waals surface area contributed by atoms with Gasteiger partial charge in [-0.1, -0.05) is 23.7 Å². The van der Waals surface area contributed by atoms with Crippen molar-refractivity contribution in [2.45, 2.75) is 0 Å². The van der Waals surface area contributed by atoms with Crippen LogP contribution in [0.25, 0.3) is 10.9 Å². The molecule has 132 valence electrons. The number of anilines is 1. The maximum Gasteiger partial charge on any atom is 0.253 e. The first-order chi connectivity index (χ1) is 12.6. The third kappa shape index (κ3) is 3.22. The van der Waals surface area contributed by atoms with Gasteiger partial charge in [0.25, 0.3) is 5.91 Å². The van der Waals surface area contributed by atoms with Crippen molar-refractivity contribution in [1.82, 2.24) is 9.88 Å². The molecule has 4 nitrogen and oxygen atoms in total. The van der Waals surface area contributed by atoms with Gasteiger partial charge in [-0.15, -0.1) is 0 Å². The summed E-state index contributed by atoms with van der Waals surface area (Å²) in [5.74, 6) is -0.247. The summed E-state index contributed by atoms with van der Waals surface area (Å²) >= 11 is 5.90. The number of carbonyl (C=O) groups is 1. The van der Waals surface area contributed by atoms with Crippen LogP contribution in [0.5, 0.6) is 0 Å². The molecule has 1 aliphatic heterocycles. The summed E-state index contributed by atoms with van der Waals surface area (Å²) in [6, 6.07) is 15.7. The number of nitrogens with zero attached hydrogens (tertiary/aromatic N) is 3. The van der Waals surface area contributed by atoms with E-state index in [1.807, 2.05) is 34.1 Å². The predicted octanol–water partition coefficient (Wildman–Crippen LogP) is 3.99. The third-order valence-electron chi connectivity index (χ3n) is 4.66. The highest BCUT2D eigenvalue weighted by atomic mass is 35.5. The molecule has 4 rings (SSSR count). The van der Waals surface area contributed by atoms with Crippen LogP contribution < -0.4 is 4.90 Å². The van der Waals surface area contributed by atoms with Gasteiger partial charge in [0.15, 0.2) is 0 Å². The number of piperazine rings is 1. The fourth-order valence-electron chi connectivity index (χ4n) is 3.27. The number of para-hydroxylation sites is 1. The van der Waals surface area contributed by atoms with Crippen LogP contribution in [0.3, 0.4) is 0 Å². The first-order valence-corrected chi connectivity index (χ1v) is 8.85. The molecule has 0 aliphatic carbocycles. The molecule has 2 heterocycles. The highest BCUT2D eigenvalue weighted by Crippen LogP contribution is 2.22. The van der Waals surface area contributed by atoms with Crippen LogP contribution in [-0.2, 0) is 0 Å². The van der Waals surface area contributed by atoms with Crippen LogP contribution in [0.4, 0.5) is 10.1 Å². The van der Waals surface area contributed by atoms with Crippen molar-refractivity contribution >= 4 is 34.1 Å². The molecule has 26 heavy (non-hydrogen) atoms. The van der Waals surface area contributed by atoms with Crippen molar-refractivity contribution in [1.29, 1.82) is 0 Å². The molecule has 1 aromatic heterocycles. The van der Waals surface area contributed by atoms with E-state index >= 15 is 0 Å². The molecule has 0 spiro atoms. The van der Waals surface area contributed by atoms with Crippen LogP contribution in [-0.4, -0.2) is 42.0 Å². The van der Waals surface area contributed by atoms with Gasteiger partial charge in [-0.05, 0) is 42.5 Å². The Morgan fingerprint density at radius 2 is 1.77 bits per heavy atom. The number of hydrogen-bond donors (Lipinski definition) is 0. The summed E-state index contributed by atoms with van der Waals surface area (Å²) in [5.41, 5.74) is 1.98. The number of amides is 1. The van der Waals surface area contributed by atoms with E-state index in [4.69, 9.17) is 11.6 Å². The highest BCUT2D eigenvalue weighted by molar-refractivity contribution is 6.29. The normalized spacial score (nSPS) is 14.7. The molecule has 0 radical (unpaired) electrons. The van der Waals surface area contributed by atoms with Crippen molar-refractivity contribution in [3.63, 3.8) is 0 Å². The van der Waals surface area contributed by atoms with Crippen molar-refractivity contribution in [3.8, 4) is 0 Å². The molecule has 0 saturated carbocycles. The number of pyridine rings is 1. The van der Waals surface area contributed by atoms with Crippen LogP contribution in [0.2, 0.25) is 5.15 Å². The summed E-state index contributed by atoms with van der Waals surface area (Å²) in [5, 5.41) is 1.31. The second-order valence-electron chi connectivity index (χ2n) is 6.27. The van der Waals surface area contributed by atoms with Crippen LogP contribution >= 0.6 is 11.6 Å². The van der Waals surface area contributed by atoms with E-state index in [-0.39, 0.29) is 11.7 Å². The number of fused-ring (bicyclic) bond motifs is 1. The summed E-state index contributed by atoms with van der Waals surface area (Å²) in [4.78, 5) is 20.8. The molecule has 0 atom stereocenters. The summed E-state index contributed by atoms with van der Waals surface area (Å²) in [6.07, 6.45) is 0. The minimum atomic E-state index is -0.229. The van der Waals surface area contributed by atoms with Gasteiger partial charge >= 0.3 is 0 Å². The Labute approximate surface area is 155 Å². The molecule has 0 unspecified atom stereocenters. The van der Waals surface area contributed by atoms with E-state index in [1.165, 1.54) is 6.07 Å². The number of halogens is 2. The van der Waals surface area contributed by atoms with E-state index in [1.54, 1.807) is 24.3 Å². The molecule has 2 aromatic carbocycles. The lowest BCUT2D eigenvalue weighted by Gasteiger charge is -2.36. The number of carbonyl (C=O) groups excluding carboxylic acids is 1. The Hall–Kier alpha value is -2.66. The molecule has 0 bridgehead atoms. The average Bonchev–Trinajstić information content (AvgIpc) is 2.67. The smallest absolute Gasteiger partial charge is 0.253 e. The minimum Gasteiger partial charge on any atom is -0.366 e. The summed E-state index contributed by atoms with van der Waals surface area (Å²) in [7, 11) is 0. The van der Waals surface area contributed by atoms with Gasteiger partial charge in [-0.3, -0.25) is 4.79 Å². The second-order valence-corrected chi connectivity index (χ2v) is 6.66. The molecular formula is C20H17ClFN3O. The fourth-order valence-corrected chi connectivity index (χ4v) is 3.43. The first-order valence-electron chi connectivity index (χ1n) is 8.47. The predicted molar refractivity (Wildman–Crippen MR) is 101 cm³/mol. The second kappa shape index (κ2) is 6.92. The largest absolute Gasteiger partial charge is 0.366 e. The van der Waals surface area contributed by atoms with E-state index < -0.39 is 0 Å². The van der Waals surface area contributed by atoms with Crippen molar-refractivity contribution < 1.29 is 9.18 Å². The van der Waals surface area contributed by atoms with Crippen molar-refractivity contribution in [3.05, 3.63) is 71.1 Å². The molecule has 1 fully saturated rings. The van der Waals surface area contributed by atoms with E-state index in [0.717, 1.165) is 10.9 Å². The van der Waals surface area contributed by atoms with Gasteiger partial charge in [0.2, 0.25) is 0 Å². The minimum absolute atomic E-state index is 0.0185. The quantitative estimate of drug-likeness (QED) is 0.641. The lowest BCUT2D eigenvalue weighted by Crippen LogP contribution is -2.49. The van der Waals surface area contributed by atoms with Gasteiger partial charge in [-0.25, -0.2) is 9.37 Å². The number of benzene rings is 2. The number of rotatable bonds is 2. The lowest BCUT2D eigenvalue weighted by atomic mass is 10.1. The zero-order valence-electron chi connectivity index (χ0n) is 14.0. The number of hydrogen-bond acceptors (Lipinski definition) is 3. The Balaban J connectivity index is 1.48. The zero-order valence-corrected chi connectivity index (χ0v) is 14.8. The van der Waals surface area contributed by atoms with E-state index in [2.05, 4.69) is 4.98 Å². The summed E-state index contributed by atoms with van der Waals surface area (Å²) < 4.78 is 13.9. The van der Waals surface area contributed by atoms with Gasteiger partial charge in [0, 0.05) is 37.1 Å². The Morgan fingerprint density at radius 1 is 1.00 bits per heavy atom. The van der Waals surface area contributed by atoms with Gasteiger partial charge in [0.1, 0.15) is 11.0 Å². The maximum absolute atomic E-state index is 13.9. The standard InChI is InChI=1S/C20H17ClFN3O/c21-19-8-6-14-13-15(5-7-17(14)23-19)20(26)25-11-9-24(10-12-25)18-4-2-1-3-16(18)22/h1-8,13H,9-12H2. The van der Waals surface area contributed by atoms with E-state index in [9.17, 15) is 9.18 Å². The van der Waals surface area contributed by atoms with E-state index in [0.29, 0.717) is 42.6 Å².